The maximum atomic E-state index is 12.2. The maximum absolute atomic E-state index is 12.2. The second-order valence-corrected chi connectivity index (χ2v) is 7.38. The number of aliphatic hydroxyl groups is 1. The van der Waals surface area contributed by atoms with Gasteiger partial charge in [-0.15, -0.1) is 0 Å². The summed E-state index contributed by atoms with van der Waals surface area (Å²) in [6.07, 6.45) is -0.949. The number of nitrogens with zero attached hydrogens (tertiary/aromatic N) is 4. The molecule has 11 heteroatoms. The Morgan fingerprint density at radius 2 is 1.97 bits per heavy atom. The fraction of sp³-hybridized carbons (Fsp3) is 0.421. The minimum Gasteiger partial charge on any atom is -0.491 e. The molecule has 1 aromatic carbocycles. The van der Waals surface area contributed by atoms with Crippen LogP contribution in [0, 0.1) is 0 Å². The summed E-state index contributed by atoms with van der Waals surface area (Å²) in [5.41, 5.74) is 0.168. The second-order valence-electron chi connectivity index (χ2n) is 7.04. The van der Waals surface area contributed by atoms with E-state index in [0.717, 1.165) is 18.8 Å². The number of aromatic nitrogens is 4. The topological polar surface area (TPSA) is 115 Å². The lowest BCUT2D eigenvalue weighted by atomic mass is 10.2. The molecule has 1 fully saturated rings. The summed E-state index contributed by atoms with van der Waals surface area (Å²) < 4.78 is 13.6. The standard InChI is InChI=1S/C19H22ClN5O5/c1-23-16-15(17(27)22-19(23)28)25(18(20)21-16)10-13(26)11-30-14-4-2-12(3-5-14)24-6-8-29-9-7-24/h2-5,13,26H,6-11H2,1H3,(H,22,27,28). The molecule has 0 spiro atoms. The van der Waals surface area contributed by atoms with Gasteiger partial charge in [-0.25, -0.2) is 4.79 Å². The Bertz CT molecular complexity index is 1150. The predicted molar refractivity (Wildman–Crippen MR) is 112 cm³/mol. The molecule has 3 aromatic rings. The van der Waals surface area contributed by atoms with Crippen molar-refractivity contribution in [2.75, 3.05) is 37.8 Å². The van der Waals surface area contributed by atoms with Crippen LogP contribution in [0.15, 0.2) is 33.9 Å². The van der Waals surface area contributed by atoms with E-state index in [1.807, 2.05) is 24.3 Å². The van der Waals surface area contributed by atoms with E-state index in [1.165, 1.54) is 16.2 Å². The van der Waals surface area contributed by atoms with Crippen LogP contribution in [-0.2, 0) is 18.3 Å². The maximum Gasteiger partial charge on any atom is 0.329 e. The first kappa shape index (κ1) is 20.5. The van der Waals surface area contributed by atoms with Crippen LogP contribution in [0.2, 0.25) is 5.28 Å². The van der Waals surface area contributed by atoms with Crippen molar-refractivity contribution in [3.8, 4) is 5.75 Å². The lowest BCUT2D eigenvalue weighted by molar-refractivity contribution is 0.0934. The number of aromatic amines is 1. The quantitative estimate of drug-likeness (QED) is 0.537. The van der Waals surface area contributed by atoms with Crippen LogP contribution in [0.25, 0.3) is 11.2 Å². The van der Waals surface area contributed by atoms with E-state index in [1.54, 1.807) is 0 Å². The van der Waals surface area contributed by atoms with Crippen LogP contribution in [0.1, 0.15) is 0 Å². The minimum atomic E-state index is -0.949. The van der Waals surface area contributed by atoms with Crippen molar-refractivity contribution in [2.45, 2.75) is 12.6 Å². The van der Waals surface area contributed by atoms with Crippen LogP contribution in [0.3, 0.4) is 0 Å². The Labute approximate surface area is 176 Å². The van der Waals surface area contributed by atoms with Gasteiger partial charge < -0.3 is 24.0 Å². The smallest absolute Gasteiger partial charge is 0.329 e. The van der Waals surface area contributed by atoms with Gasteiger partial charge in [-0.2, -0.15) is 4.98 Å². The van der Waals surface area contributed by atoms with E-state index in [2.05, 4.69) is 14.9 Å². The largest absolute Gasteiger partial charge is 0.491 e. The molecule has 4 rings (SSSR count). The van der Waals surface area contributed by atoms with E-state index in [0.29, 0.717) is 19.0 Å². The molecule has 0 aliphatic carbocycles. The van der Waals surface area contributed by atoms with E-state index in [4.69, 9.17) is 21.1 Å². The Balaban J connectivity index is 1.42. The zero-order valence-electron chi connectivity index (χ0n) is 16.4. The highest BCUT2D eigenvalue weighted by Gasteiger charge is 2.19. The summed E-state index contributed by atoms with van der Waals surface area (Å²) in [5.74, 6) is 0.618. The van der Waals surface area contributed by atoms with Crippen molar-refractivity contribution >= 4 is 28.5 Å². The number of ether oxygens (including phenoxy) is 2. The molecule has 1 unspecified atom stereocenters. The molecule has 30 heavy (non-hydrogen) atoms. The first-order chi connectivity index (χ1) is 14.4. The number of fused-ring (bicyclic) bond motifs is 1. The van der Waals surface area contributed by atoms with E-state index in [9.17, 15) is 14.7 Å². The average Bonchev–Trinajstić information content (AvgIpc) is 3.08. The molecule has 1 saturated heterocycles. The van der Waals surface area contributed by atoms with Crippen LogP contribution in [-0.4, -0.2) is 63.2 Å². The SMILES string of the molecule is Cn1c(=O)[nH]c(=O)c2c1nc(Cl)n2CC(O)COc1ccc(N2CCOCC2)cc1. The monoisotopic (exact) mass is 435 g/mol. The molecule has 160 valence electrons. The van der Waals surface area contributed by atoms with Gasteiger partial charge in [0.05, 0.1) is 19.8 Å². The number of aryl methyl sites for hydroxylation is 1. The summed E-state index contributed by atoms with van der Waals surface area (Å²) >= 11 is 6.13. The fourth-order valence-corrected chi connectivity index (χ4v) is 3.64. The number of nitrogens with one attached hydrogen (secondary N) is 1. The number of aliphatic hydroxyl groups excluding tert-OH is 1. The van der Waals surface area contributed by atoms with Crippen molar-refractivity contribution in [3.63, 3.8) is 0 Å². The predicted octanol–water partition coefficient (Wildman–Crippen LogP) is 0.353. The molecule has 0 amide bonds. The molecule has 1 aliphatic rings. The molecule has 2 aromatic heterocycles. The number of anilines is 1. The summed E-state index contributed by atoms with van der Waals surface area (Å²) in [5, 5.41) is 10.4. The van der Waals surface area contributed by atoms with Crippen LogP contribution < -0.4 is 20.9 Å². The van der Waals surface area contributed by atoms with Crippen molar-refractivity contribution < 1.29 is 14.6 Å². The fourth-order valence-electron chi connectivity index (χ4n) is 3.41. The van der Waals surface area contributed by atoms with Crippen molar-refractivity contribution in [3.05, 3.63) is 50.4 Å². The third kappa shape index (κ3) is 4.07. The van der Waals surface area contributed by atoms with Gasteiger partial charge in [0.2, 0.25) is 5.28 Å². The first-order valence-electron chi connectivity index (χ1n) is 9.52. The Hall–Kier alpha value is -2.82. The Kier molecular flexibility index (Phi) is 5.80. The number of hydrogen-bond donors (Lipinski definition) is 2. The van der Waals surface area contributed by atoms with Gasteiger partial charge in [0, 0.05) is 25.8 Å². The zero-order valence-corrected chi connectivity index (χ0v) is 17.1. The molecule has 0 saturated carbocycles. The number of morpholine rings is 1. The number of H-pyrrole nitrogens is 1. The lowest BCUT2D eigenvalue weighted by Crippen LogP contribution is -2.36. The molecule has 10 nitrogen and oxygen atoms in total. The van der Waals surface area contributed by atoms with Gasteiger partial charge in [0.1, 0.15) is 18.5 Å². The molecular weight excluding hydrogens is 414 g/mol. The second kappa shape index (κ2) is 8.50. The Morgan fingerprint density at radius 3 is 2.67 bits per heavy atom. The number of imidazole rings is 1. The molecule has 0 bridgehead atoms. The number of benzene rings is 1. The molecule has 1 atom stereocenters. The lowest BCUT2D eigenvalue weighted by Gasteiger charge is -2.28. The molecule has 2 N–H and O–H groups in total. The van der Waals surface area contributed by atoms with Crippen molar-refractivity contribution in [1.29, 1.82) is 0 Å². The third-order valence-electron chi connectivity index (χ3n) is 5.01. The van der Waals surface area contributed by atoms with Crippen LogP contribution in [0.5, 0.6) is 5.75 Å². The first-order valence-corrected chi connectivity index (χ1v) is 9.90. The van der Waals surface area contributed by atoms with Gasteiger partial charge in [-0.3, -0.25) is 14.3 Å². The normalized spacial score (nSPS) is 15.5. The van der Waals surface area contributed by atoms with E-state index in [-0.39, 0.29) is 29.6 Å². The molecular formula is C19H22ClN5O5. The molecule has 3 heterocycles. The van der Waals surface area contributed by atoms with Crippen molar-refractivity contribution in [2.24, 2.45) is 7.05 Å². The zero-order chi connectivity index (χ0) is 21.3. The van der Waals surface area contributed by atoms with Gasteiger partial charge in [-0.1, -0.05) is 0 Å². The average molecular weight is 436 g/mol. The summed E-state index contributed by atoms with van der Waals surface area (Å²) in [6.45, 7) is 3.12. The highest BCUT2D eigenvalue weighted by atomic mass is 35.5. The van der Waals surface area contributed by atoms with Gasteiger partial charge in [-0.05, 0) is 35.9 Å². The number of hydrogen-bond acceptors (Lipinski definition) is 7. The summed E-state index contributed by atoms with van der Waals surface area (Å²) in [7, 11) is 1.48. The van der Waals surface area contributed by atoms with Crippen LogP contribution >= 0.6 is 11.6 Å². The van der Waals surface area contributed by atoms with E-state index < -0.39 is 17.4 Å². The van der Waals surface area contributed by atoms with Crippen molar-refractivity contribution in [1.82, 2.24) is 19.1 Å². The molecule has 0 radical (unpaired) electrons. The highest BCUT2D eigenvalue weighted by Crippen LogP contribution is 2.21. The highest BCUT2D eigenvalue weighted by molar-refractivity contribution is 6.29. The minimum absolute atomic E-state index is 0.00340. The third-order valence-corrected chi connectivity index (χ3v) is 5.30. The number of rotatable bonds is 6. The van der Waals surface area contributed by atoms with Gasteiger partial charge >= 0.3 is 5.69 Å². The number of halogens is 1. The van der Waals surface area contributed by atoms with Gasteiger partial charge in [0.15, 0.2) is 11.2 Å². The summed E-state index contributed by atoms with van der Waals surface area (Å²) in [6, 6.07) is 7.62. The van der Waals surface area contributed by atoms with Crippen LogP contribution in [0.4, 0.5) is 5.69 Å². The van der Waals surface area contributed by atoms with Gasteiger partial charge in [0.25, 0.3) is 5.56 Å². The van der Waals surface area contributed by atoms with E-state index >= 15 is 0 Å². The molecule has 1 aliphatic heterocycles. The Morgan fingerprint density at radius 1 is 1.27 bits per heavy atom. The summed E-state index contributed by atoms with van der Waals surface area (Å²) in [4.78, 5) is 32.4.